The highest BCUT2D eigenvalue weighted by molar-refractivity contribution is 7.99. The number of phenols is 2. The molecule has 0 heterocycles. The van der Waals surface area contributed by atoms with E-state index >= 15 is 0 Å². The number of hydrogen-bond acceptors (Lipinski definition) is 4. The fourth-order valence-electron chi connectivity index (χ4n) is 2.53. The SMILES string of the molecule is Oc1ccc(SCCc2ccc(CCSc3ccc(O)cc3)cc2)cc1. The average Bonchev–Trinajstić information content (AvgIpc) is 2.66. The highest BCUT2D eigenvalue weighted by atomic mass is 32.2. The van der Waals surface area contributed by atoms with Gasteiger partial charge in [-0.15, -0.1) is 23.5 Å². The number of benzene rings is 3. The molecule has 3 aromatic rings. The van der Waals surface area contributed by atoms with Gasteiger partial charge >= 0.3 is 0 Å². The molecule has 0 aliphatic heterocycles. The highest BCUT2D eigenvalue weighted by Crippen LogP contribution is 2.23. The Bertz CT molecular complexity index is 727. The summed E-state index contributed by atoms with van der Waals surface area (Å²) in [6.07, 6.45) is 2.07. The Hall–Kier alpha value is -2.04. The van der Waals surface area contributed by atoms with Gasteiger partial charge < -0.3 is 10.2 Å². The molecule has 0 fully saturated rings. The van der Waals surface area contributed by atoms with Crippen molar-refractivity contribution in [3.8, 4) is 11.5 Å². The van der Waals surface area contributed by atoms with Gasteiger partial charge in [-0.05, 0) is 72.5 Å². The zero-order valence-electron chi connectivity index (χ0n) is 14.5. The van der Waals surface area contributed by atoms with Gasteiger partial charge in [0.2, 0.25) is 0 Å². The van der Waals surface area contributed by atoms with Gasteiger partial charge in [-0.2, -0.15) is 0 Å². The third kappa shape index (κ3) is 6.04. The average molecular weight is 383 g/mol. The molecule has 0 spiro atoms. The molecule has 0 unspecified atom stereocenters. The maximum atomic E-state index is 9.30. The Labute approximate surface area is 163 Å². The van der Waals surface area contributed by atoms with Crippen LogP contribution in [0.4, 0.5) is 0 Å². The summed E-state index contributed by atoms with van der Waals surface area (Å²) in [5.74, 6) is 2.68. The number of aromatic hydroxyl groups is 2. The van der Waals surface area contributed by atoms with Crippen molar-refractivity contribution in [2.45, 2.75) is 22.6 Å². The lowest BCUT2D eigenvalue weighted by Gasteiger charge is -2.06. The second-order valence-electron chi connectivity index (χ2n) is 6.00. The molecule has 2 nitrogen and oxygen atoms in total. The van der Waals surface area contributed by atoms with Crippen molar-refractivity contribution < 1.29 is 10.2 Å². The smallest absolute Gasteiger partial charge is 0.115 e. The van der Waals surface area contributed by atoms with E-state index in [0.29, 0.717) is 11.5 Å². The van der Waals surface area contributed by atoms with E-state index in [1.807, 2.05) is 47.8 Å². The highest BCUT2D eigenvalue weighted by Gasteiger charge is 2.00. The largest absolute Gasteiger partial charge is 0.508 e. The molecule has 3 aromatic carbocycles. The molecule has 2 N–H and O–H groups in total. The molecule has 0 aromatic heterocycles. The monoisotopic (exact) mass is 382 g/mol. The summed E-state index contributed by atoms with van der Waals surface area (Å²) >= 11 is 3.62. The van der Waals surface area contributed by atoms with E-state index in [1.165, 1.54) is 20.9 Å². The molecule has 0 aliphatic rings. The van der Waals surface area contributed by atoms with Crippen LogP contribution in [0.2, 0.25) is 0 Å². The summed E-state index contributed by atoms with van der Waals surface area (Å²) in [6, 6.07) is 23.6. The van der Waals surface area contributed by atoms with Crippen molar-refractivity contribution in [3.63, 3.8) is 0 Å². The van der Waals surface area contributed by atoms with Crippen LogP contribution >= 0.6 is 23.5 Å². The maximum absolute atomic E-state index is 9.30. The zero-order chi connectivity index (χ0) is 18.2. The first kappa shape index (κ1) is 18.7. The van der Waals surface area contributed by atoms with Crippen molar-refractivity contribution in [3.05, 3.63) is 83.9 Å². The molecular weight excluding hydrogens is 360 g/mol. The molecule has 4 heteroatoms. The minimum atomic E-state index is 0.313. The van der Waals surface area contributed by atoms with Gasteiger partial charge in [-0.25, -0.2) is 0 Å². The lowest BCUT2D eigenvalue weighted by Crippen LogP contribution is -1.92. The number of thioether (sulfide) groups is 2. The van der Waals surface area contributed by atoms with Crippen LogP contribution in [0.5, 0.6) is 11.5 Å². The van der Waals surface area contributed by atoms with Crippen molar-refractivity contribution in [1.29, 1.82) is 0 Å². The van der Waals surface area contributed by atoms with E-state index in [0.717, 1.165) is 24.3 Å². The minimum absolute atomic E-state index is 0.313. The van der Waals surface area contributed by atoms with Gasteiger partial charge in [-0.1, -0.05) is 24.3 Å². The van der Waals surface area contributed by atoms with Crippen molar-refractivity contribution in [1.82, 2.24) is 0 Å². The van der Waals surface area contributed by atoms with E-state index in [1.54, 1.807) is 24.3 Å². The minimum Gasteiger partial charge on any atom is -0.508 e. The molecule has 0 bridgehead atoms. The Kier molecular flexibility index (Phi) is 6.92. The van der Waals surface area contributed by atoms with E-state index in [-0.39, 0.29) is 0 Å². The van der Waals surface area contributed by atoms with Gasteiger partial charge in [-0.3, -0.25) is 0 Å². The lowest BCUT2D eigenvalue weighted by molar-refractivity contribution is 0.474. The maximum Gasteiger partial charge on any atom is 0.115 e. The topological polar surface area (TPSA) is 40.5 Å². The van der Waals surface area contributed by atoms with E-state index in [2.05, 4.69) is 24.3 Å². The summed E-state index contributed by atoms with van der Waals surface area (Å²) in [6.45, 7) is 0. The second-order valence-corrected chi connectivity index (χ2v) is 8.34. The molecular formula is C22H22O2S2. The second kappa shape index (κ2) is 9.60. The third-order valence-corrected chi connectivity index (χ3v) is 6.04. The molecule has 26 heavy (non-hydrogen) atoms. The van der Waals surface area contributed by atoms with Crippen LogP contribution in [0.15, 0.2) is 82.6 Å². The van der Waals surface area contributed by atoms with Crippen LogP contribution in [-0.2, 0) is 12.8 Å². The molecule has 3 rings (SSSR count). The van der Waals surface area contributed by atoms with Crippen LogP contribution in [0.1, 0.15) is 11.1 Å². The molecule has 0 atom stereocenters. The quantitative estimate of drug-likeness (QED) is 0.485. The standard InChI is InChI=1S/C22H22O2S2/c23-19-5-9-21(10-6-19)25-15-13-17-1-2-18(4-3-17)14-16-26-22-11-7-20(24)8-12-22/h1-12,23-24H,13-16H2. The molecule has 0 aliphatic carbocycles. The molecule has 0 amide bonds. The van der Waals surface area contributed by atoms with Gasteiger partial charge in [0.15, 0.2) is 0 Å². The van der Waals surface area contributed by atoms with Gasteiger partial charge in [0, 0.05) is 21.3 Å². The predicted octanol–water partition coefficient (Wildman–Crippen LogP) is 5.77. The van der Waals surface area contributed by atoms with Crippen LogP contribution < -0.4 is 0 Å². The third-order valence-electron chi connectivity index (χ3n) is 4.02. The zero-order valence-corrected chi connectivity index (χ0v) is 16.1. The predicted molar refractivity (Wildman–Crippen MR) is 112 cm³/mol. The van der Waals surface area contributed by atoms with Gasteiger partial charge in [0.05, 0.1) is 0 Å². The summed E-state index contributed by atoms with van der Waals surface area (Å²) in [7, 11) is 0. The van der Waals surface area contributed by atoms with E-state index < -0.39 is 0 Å². The molecule has 134 valence electrons. The Morgan fingerprint density at radius 2 is 0.846 bits per heavy atom. The van der Waals surface area contributed by atoms with Crippen molar-refractivity contribution >= 4 is 23.5 Å². The summed E-state index contributed by atoms with van der Waals surface area (Å²) in [4.78, 5) is 2.37. The molecule has 0 saturated carbocycles. The Morgan fingerprint density at radius 3 is 1.19 bits per heavy atom. The number of phenolic OH excluding ortho intramolecular Hbond substituents is 2. The van der Waals surface area contributed by atoms with E-state index in [9.17, 15) is 10.2 Å². The molecule has 0 saturated heterocycles. The Balaban J connectivity index is 1.40. The summed E-state index contributed by atoms with van der Waals surface area (Å²) in [5.41, 5.74) is 2.71. The first-order valence-electron chi connectivity index (χ1n) is 8.60. The van der Waals surface area contributed by atoms with Crippen LogP contribution in [0.25, 0.3) is 0 Å². The molecule has 0 radical (unpaired) electrons. The van der Waals surface area contributed by atoms with Crippen molar-refractivity contribution in [2.24, 2.45) is 0 Å². The fourth-order valence-corrected chi connectivity index (χ4v) is 4.33. The Morgan fingerprint density at radius 1 is 0.500 bits per heavy atom. The number of aryl methyl sites for hydroxylation is 2. The fraction of sp³-hybridized carbons (Fsp3) is 0.182. The van der Waals surface area contributed by atoms with Gasteiger partial charge in [0.25, 0.3) is 0 Å². The first-order chi connectivity index (χ1) is 12.7. The number of rotatable bonds is 8. The summed E-state index contributed by atoms with van der Waals surface area (Å²) < 4.78 is 0. The van der Waals surface area contributed by atoms with Crippen LogP contribution in [0.3, 0.4) is 0 Å². The lowest BCUT2D eigenvalue weighted by atomic mass is 10.1. The van der Waals surface area contributed by atoms with Crippen LogP contribution in [-0.4, -0.2) is 21.7 Å². The van der Waals surface area contributed by atoms with Crippen LogP contribution in [0, 0.1) is 0 Å². The van der Waals surface area contributed by atoms with E-state index in [4.69, 9.17) is 0 Å². The summed E-state index contributed by atoms with van der Waals surface area (Å²) in [5, 5.41) is 18.6. The number of hydrogen-bond donors (Lipinski definition) is 2. The first-order valence-corrected chi connectivity index (χ1v) is 10.6. The van der Waals surface area contributed by atoms with Crippen molar-refractivity contribution in [2.75, 3.05) is 11.5 Å². The normalized spacial score (nSPS) is 10.8. The van der Waals surface area contributed by atoms with Gasteiger partial charge in [0.1, 0.15) is 11.5 Å².